The maximum atomic E-state index is 9.96. The number of allylic oxidation sites excluding steroid dienone is 1. The van der Waals surface area contributed by atoms with Crippen molar-refractivity contribution in [2.45, 2.75) is 37.1 Å². The van der Waals surface area contributed by atoms with Gasteiger partial charge in [0.1, 0.15) is 30.2 Å². The molecule has 0 radical (unpaired) electrons. The number of ether oxygens (including phenoxy) is 2. The summed E-state index contributed by atoms with van der Waals surface area (Å²) >= 11 is 0. The lowest BCUT2D eigenvalue weighted by atomic mass is 9.99. The molecule has 1 aromatic carbocycles. The Morgan fingerprint density at radius 2 is 1.86 bits per heavy atom. The molecule has 1 fully saturated rings. The van der Waals surface area contributed by atoms with Gasteiger partial charge in [-0.05, 0) is 18.1 Å². The van der Waals surface area contributed by atoms with Crippen molar-refractivity contribution in [3.8, 4) is 0 Å². The zero-order valence-corrected chi connectivity index (χ0v) is 11.3. The summed E-state index contributed by atoms with van der Waals surface area (Å²) in [4.78, 5) is 0. The largest absolute Gasteiger partial charge is 0.462 e. The van der Waals surface area contributed by atoms with E-state index in [-0.39, 0.29) is 0 Å². The second kappa shape index (κ2) is 5.75. The predicted octanol–water partition coefficient (Wildman–Crippen LogP) is -0.600. The first-order chi connectivity index (χ1) is 10.1. The highest BCUT2D eigenvalue weighted by Gasteiger charge is 2.45. The maximum absolute atomic E-state index is 9.96. The Bertz CT molecular complexity index is 541. The third-order valence-corrected chi connectivity index (χ3v) is 3.88. The van der Waals surface area contributed by atoms with E-state index in [0.29, 0.717) is 5.76 Å². The molecule has 1 heterocycles. The van der Waals surface area contributed by atoms with Gasteiger partial charge in [0.05, 0.1) is 6.61 Å². The quantitative estimate of drug-likeness (QED) is 0.594. The zero-order valence-electron chi connectivity index (χ0n) is 11.3. The molecule has 5 atom stereocenters. The van der Waals surface area contributed by atoms with Gasteiger partial charge in [0.25, 0.3) is 0 Å². The van der Waals surface area contributed by atoms with Gasteiger partial charge in [-0.3, -0.25) is 0 Å². The van der Waals surface area contributed by atoms with Crippen LogP contribution in [0.3, 0.4) is 0 Å². The highest BCUT2D eigenvalue weighted by molar-refractivity contribution is 5.68. The van der Waals surface area contributed by atoms with Crippen molar-refractivity contribution in [1.82, 2.24) is 0 Å². The lowest BCUT2D eigenvalue weighted by Gasteiger charge is -2.39. The molecule has 2 unspecified atom stereocenters. The van der Waals surface area contributed by atoms with Crippen LogP contribution in [-0.4, -0.2) is 57.7 Å². The lowest BCUT2D eigenvalue weighted by Crippen LogP contribution is -2.59. The third-order valence-electron chi connectivity index (χ3n) is 3.88. The number of rotatable bonds is 3. The topological polar surface area (TPSA) is 99.4 Å². The Balaban J connectivity index is 1.76. The highest BCUT2D eigenvalue weighted by atomic mass is 16.7. The minimum Gasteiger partial charge on any atom is -0.462 e. The molecule has 21 heavy (non-hydrogen) atoms. The molecule has 4 N–H and O–H groups in total. The molecule has 1 saturated heterocycles. The molecule has 0 bridgehead atoms. The van der Waals surface area contributed by atoms with Crippen LogP contribution < -0.4 is 0 Å². The van der Waals surface area contributed by atoms with Gasteiger partial charge in [0, 0.05) is 5.56 Å². The average Bonchev–Trinajstić information content (AvgIpc) is 2.91. The zero-order chi connectivity index (χ0) is 15.0. The summed E-state index contributed by atoms with van der Waals surface area (Å²) in [5.41, 5.74) is 2.02. The van der Waals surface area contributed by atoms with E-state index < -0.39 is 37.3 Å². The summed E-state index contributed by atoms with van der Waals surface area (Å²) in [7, 11) is 0. The molecule has 0 saturated carbocycles. The summed E-state index contributed by atoms with van der Waals surface area (Å²) in [5.74, 6) is 0.565. The van der Waals surface area contributed by atoms with E-state index in [1.165, 1.54) is 0 Å². The lowest BCUT2D eigenvalue weighted by molar-refractivity contribution is -0.284. The number of benzene rings is 1. The van der Waals surface area contributed by atoms with Crippen molar-refractivity contribution in [1.29, 1.82) is 0 Å². The third kappa shape index (κ3) is 2.56. The van der Waals surface area contributed by atoms with Gasteiger partial charge in [-0.15, -0.1) is 0 Å². The van der Waals surface area contributed by atoms with Gasteiger partial charge < -0.3 is 29.9 Å². The van der Waals surface area contributed by atoms with Crippen molar-refractivity contribution in [2.75, 3.05) is 6.61 Å². The van der Waals surface area contributed by atoms with Gasteiger partial charge >= 0.3 is 0 Å². The summed E-state index contributed by atoms with van der Waals surface area (Å²) < 4.78 is 11.0. The van der Waals surface area contributed by atoms with Crippen molar-refractivity contribution >= 4 is 5.76 Å². The summed E-state index contributed by atoms with van der Waals surface area (Å²) in [6, 6.07) is 7.70. The van der Waals surface area contributed by atoms with Crippen LogP contribution in [0.15, 0.2) is 30.3 Å². The molecule has 0 spiro atoms. The van der Waals surface area contributed by atoms with Crippen LogP contribution in [0.1, 0.15) is 11.1 Å². The van der Waals surface area contributed by atoms with E-state index in [0.717, 1.165) is 17.5 Å². The van der Waals surface area contributed by atoms with Crippen molar-refractivity contribution in [3.05, 3.63) is 41.5 Å². The van der Waals surface area contributed by atoms with Crippen LogP contribution in [0.5, 0.6) is 0 Å². The molecular weight excluding hydrogens is 276 g/mol. The summed E-state index contributed by atoms with van der Waals surface area (Å²) in [6.45, 7) is -0.472. The van der Waals surface area contributed by atoms with Crippen molar-refractivity contribution < 1.29 is 29.9 Å². The Hall–Kier alpha value is -1.44. The van der Waals surface area contributed by atoms with Gasteiger partial charge in [0.2, 0.25) is 6.29 Å². The fourth-order valence-electron chi connectivity index (χ4n) is 2.65. The van der Waals surface area contributed by atoms with Gasteiger partial charge in [-0.25, -0.2) is 0 Å². The predicted molar refractivity (Wildman–Crippen MR) is 73.0 cm³/mol. The first-order valence-electron chi connectivity index (χ1n) is 6.87. The minimum atomic E-state index is -1.43. The highest BCUT2D eigenvalue weighted by Crippen LogP contribution is 2.32. The molecular formula is C15H18O6. The van der Waals surface area contributed by atoms with E-state index >= 15 is 0 Å². The molecule has 3 rings (SSSR count). The number of hydrogen-bond donors (Lipinski definition) is 4. The smallest absolute Gasteiger partial charge is 0.229 e. The molecule has 0 aromatic heterocycles. The van der Waals surface area contributed by atoms with Crippen LogP contribution in [0.2, 0.25) is 0 Å². The molecule has 1 aromatic rings. The monoisotopic (exact) mass is 294 g/mol. The Morgan fingerprint density at radius 3 is 2.62 bits per heavy atom. The van der Waals surface area contributed by atoms with Crippen LogP contribution in [-0.2, 0) is 15.9 Å². The molecule has 1 aliphatic carbocycles. The van der Waals surface area contributed by atoms with E-state index in [4.69, 9.17) is 14.6 Å². The van der Waals surface area contributed by atoms with E-state index in [9.17, 15) is 15.3 Å². The number of aliphatic hydroxyl groups is 4. The van der Waals surface area contributed by atoms with E-state index in [1.54, 1.807) is 0 Å². The number of aliphatic hydroxyl groups excluding tert-OH is 4. The molecule has 114 valence electrons. The maximum Gasteiger partial charge on any atom is 0.229 e. The second-order valence-corrected chi connectivity index (χ2v) is 5.24. The van der Waals surface area contributed by atoms with Gasteiger partial charge in [-0.2, -0.15) is 0 Å². The molecule has 2 aliphatic rings. The standard InChI is InChI=1S/C15H18O6/c16-7-11-12(17)13(18)14(19)15(21-11)20-10-6-5-8-3-1-2-4-9(8)10/h1-4,6,11-19H,5,7H2/t11?,12-,13+,14?,15-/m1/s1. The van der Waals surface area contributed by atoms with Crippen LogP contribution in [0.25, 0.3) is 5.76 Å². The summed E-state index contributed by atoms with van der Waals surface area (Å²) in [6.07, 6.45) is -3.72. The molecule has 6 nitrogen and oxygen atoms in total. The minimum absolute atomic E-state index is 0.472. The number of fused-ring (bicyclic) bond motifs is 1. The molecule has 1 aliphatic heterocycles. The number of hydrogen-bond acceptors (Lipinski definition) is 6. The Kier molecular flexibility index (Phi) is 3.97. The van der Waals surface area contributed by atoms with Gasteiger partial charge in [0.15, 0.2) is 0 Å². The van der Waals surface area contributed by atoms with Crippen molar-refractivity contribution in [2.24, 2.45) is 0 Å². The second-order valence-electron chi connectivity index (χ2n) is 5.24. The van der Waals surface area contributed by atoms with Gasteiger partial charge in [-0.1, -0.05) is 24.3 Å². The van der Waals surface area contributed by atoms with Crippen LogP contribution in [0.4, 0.5) is 0 Å². The Morgan fingerprint density at radius 1 is 1.10 bits per heavy atom. The molecule has 6 heteroatoms. The normalized spacial score (nSPS) is 35.2. The fourth-order valence-corrected chi connectivity index (χ4v) is 2.65. The first kappa shape index (κ1) is 14.5. The van der Waals surface area contributed by atoms with Crippen molar-refractivity contribution in [3.63, 3.8) is 0 Å². The van der Waals surface area contributed by atoms with E-state index in [2.05, 4.69) is 0 Å². The SMILES string of the molecule is OCC1O[C@@H](OC2=CCc3ccccc32)C(O)[C@@H](O)[C@@H]1O. The average molecular weight is 294 g/mol. The van der Waals surface area contributed by atoms with E-state index in [1.807, 2.05) is 30.3 Å². The first-order valence-corrected chi connectivity index (χ1v) is 6.87. The van der Waals surface area contributed by atoms with Crippen LogP contribution in [0, 0.1) is 0 Å². The van der Waals surface area contributed by atoms with Crippen LogP contribution >= 0.6 is 0 Å². The Labute approximate surface area is 121 Å². The molecule has 0 amide bonds. The fraction of sp³-hybridized carbons (Fsp3) is 0.467. The summed E-state index contributed by atoms with van der Waals surface area (Å²) in [5, 5.41) is 38.6.